The minimum absolute atomic E-state index is 0.135. The predicted octanol–water partition coefficient (Wildman–Crippen LogP) is -0.533. The van der Waals surface area contributed by atoms with Gasteiger partial charge in [-0.25, -0.2) is 0 Å². The molecule has 2 rings (SSSR count). The molecular weight excluding hydrogens is 392 g/mol. The van der Waals surface area contributed by atoms with Gasteiger partial charge in [0.1, 0.15) is 12.7 Å². The summed E-state index contributed by atoms with van der Waals surface area (Å²) in [7, 11) is 0. The molecule has 2 aliphatic rings. The van der Waals surface area contributed by atoms with Crippen molar-refractivity contribution in [1.29, 1.82) is 0 Å². The van der Waals surface area contributed by atoms with Crippen LogP contribution < -0.4 is 0 Å². The van der Waals surface area contributed by atoms with Crippen LogP contribution in [0.3, 0.4) is 0 Å². The van der Waals surface area contributed by atoms with Crippen molar-refractivity contribution in [3.63, 3.8) is 0 Å². The first-order chi connectivity index (χ1) is 13.5. The SMILES string of the molecule is CC(=O)OC[C@H]1O[C@]2(OC[C@H](O)[C@H]2C)[C@H](OC(C)=O)[C@@H](OC(C)=O)[C@@H]1OC(C)=O. The molecule has 0 amide bonds. The lowest BCUT2D eigenvalue weighted by Gasteiger charge is -2.50. The molecule has 0 aromatic carbocycles. The number of hydrogen-bond acceptors (Lipinski definition) is 11. The quantitative estimate of drug-likeness (QED) is 0.454. The van der Waals surface area contributed by atoms with Crippen LogP contribution in [0.2, 0.25) is 0 Å². The summed E-state index contributed by atoms with van der Waals surface area (Å²) in [5.74, 6) is -5.24. The van der Waals surface area contributed by atoms with Crippen LogP contribution in [0.4, 0.5) is 0 Å². The Bertz CT molecular complexity index is 662. The van der Waals surface area contributed by atoms with Crippen LogP contribution in [0.15, 0.2) is 0 Å². The summed E-state index contributed by atoms with van der Waals surface area (Å²) >= 11 is 0. The van der Waals surface area contributed by atoms with Gasteiger partial charge in [0, 0.05) is 33.6 Å². The molecule has 29 heavy (non-hydrogen) atoms. The molecule has 2 saturated heterocycles. The zero-order valence-electron chi connectivity index (χ0n) is 16.9. The molecule has 0 bridgehead atoms. The zero-order chi connectivity index (χ0) is 21.9. The van der Waals surface area contributed by atoms with Crippen LogP contribution >= 0.6 is 0 Å². The van der Waals surface area contributed by atoms with E-state index in [1.807, 2.05) is 0 Å². The molecule has 0 unspecified atom stereocenters. The molecule has 2 heterocycles. The number of aliphatic hydroxyl groups excluding tert-OH is 1. The van der Waals surface area contributed by atoms with Gasteiger partial charge in [0.2, 0.25) is 5.79 Å². The molecule has 1 spiro atoms. The molecule has 11 nitrogen and oxygen atoms in total. The third-order valence-electron chi connectivity index (χ3n) is 4.76. The monoisotopic (exact) mass is 418 g/mol. The summed E-state index contributed by atoms with van der Waals surface area (Å²) in [6, 6.07) is 0. The van der Waals surface area contributed by atoms with Gasteiger partial charge in [-0.05, 0) is 0 Å². The molecule has 7 atom stereocenters. The second-order valence-corrected chi connectivity index (χ2v) is 7.03. The van der Waals surface area contributed by atoms with E-state index in [2.05, 4.69) is 0 Å². The number of carbonyl (C=O) groups excluding carboxylic acids is 4. The number of esters is 4. The Hall–Kier alpha value is -2.24. The minimum Gasteiger partial charge on any atom is -0.463 e. The number of ether oxygens (including phenoxy) is 6. The molecule has 164 valence electrons. The van der Waals surface area contributed by atoms with Crippen LogP contribution in [0.25, 0.3) is 0 Å². The second-order valence-electron chi connectivity index (χ2n) is 7.03. The van der Waals surface area contributed by atoms with Gasteiger partial charge in [-0.15, -0.1) is 0 Å². The van der Waals surface area contributed by atoms with E-state index in [1.165, 1.54) is 6.92 Å². The predicted molar refractivity (Wildman–Crippen MR) is 92.0 cm³/mol. The summed E-state index contributed by atoms with van der Waals surface area (Å²) in [5, 5.41) is 10.2. The summed E-state index contributed by atoms with van der Waals surface area (Å²) < 4.78 is 32.7. The highest BCUT2D eigenvalue weighted by Gasteiger charge is 2.66. The van der Waals surface area contributed by atoms with Gasteiger partial charge in [0.15, 0.2) is 18.3 Å². The molecule has 0 saturated carbocycles. The molecule has 0 aromatic rings. The van der Waals surface area contributed by atoms with Crippen molar-refractivity contribution >= 4 is 23.9 Å². The average molecular weight is 418 g/mol. The maximum absolute atomic E-state index is 11.8. The van der Waals surface area contributed by atoms with E-state index in [1.54, 1.807) is 6.92 Å². The van der Waals surface area contributed by atoms with Crippen molar-refractivity contribution in [2.45, 2.75) is 70.9 Å². The Morgan fingerprint density at radius 2 is 1.48 bits per heavy atom. The van der Waals surface area contributed by atoms with E-state index >= 15 is 0 Å². The molecule has 0 radical (unpaired) electrons. The molecule has 0 aliphatic carbocycles. The first-order valence-corrected chi connectivity index (χ1v) is 9.12. The number of carbonyl (C=O) groups is 4. The highest BCUT2D eigenvalue weighted by molar-refractivity contribution is 5.68. The lowest BCUT2D eigenvalue weighted by molar-refractivity contribution is -0.363. The standard InChI is InChI=1S/C18H26O11/c1-8-13(23)6-25-18(8)17(28-12(5)22)16(27-11(4)21)15(26-10(3)20)14(29-18)7-24-9(2)19/h8,13-17,23H,6-7H2,1-5H3/t8-,13+,14-,15-,16+,17-,18+/m1/s1. The fourth-order valence-electron chi connectivity index (χ4n) is 3.54. The van der Waals surface area contributed by atoms with Crippen molar-refractivity contribution in [1.82, 2.24) is 0 Å². The summed E-state index contributed by atoms with van der Waals surface area (Å²) in [6.45, 7) is 5.71. The summed E-state index contributed by atoms with van der Waals surface area (Å²) in [5.41, 5.74) is 0. The first kappa shape index (κ1) is 23.0. The first-order valence-electron chi connectivity index (χ1n) is 9.12. The van der Waals surface area contributed by atoms with Crippen molar-refractivity contribution in [3.8, 4) is 0 Å². The van der Waals surface area contributed by atoms with Gasteiger partial charge in [0.05, 0.1) is 12.7 Å². The minimum atomic E-state index is -1.72. The van der Waals surface area contributed by atoms with Gasteiger partial charge < -0.3 is 33.5 Å². The van der Waals surface area contributed by atoms with Crippen molar-refractivity contribution < 1.29 is 52.7 Å². The highest BCUT2D eigenvalue weighted by Crippen LogP contribution is 2.45. The van der Waals surface area contributed by atoms with Crippen molar-refractivity contribution in [2.75, 3.05) is 13.2 Å². The third-order valence-corrected chi connectivity index (χ3v) is 4.76. The molecule has 1 N–H and O–H groups in total. The van der Waals surface area contributed by atoms with Crippen molar-refractivity contribution in [3.05, 3.63) is 0 Å². The molecule has 2 aliphatic heterocycles. The van der Waals surface area contributed by atoms with Crippen LogP contribution in [0.1, 0.15) is 34.6 Å². The lowest BCUT2D eigenvalue weighted by Crippen LogP contribution is -2.69. The topological polar surface area (TPSA) is 144 Å². The smallest absolute Gasteiger partial charge is 0.303 e. The van der Waals surface area contributed by atoms with Crippen LogP contribution in [-0.2, 0) is 47.6 Å². The van der Waals surface area contributed by atoms with Crippen LogP contribution in [0.5, 0.6) is 0 Å². The molecule has 11 heteroatoms. The van der Waals surface area contributed by atoms with E-state index in [-0.39, 0.29) is 13.2 Å². The summed E-state index contributed by atoms with van der Waals surface area (Å²) in [4.78, 5) is 46.5. The van der Waals surface area contributed by atoms with Gasteiger partial charge in [-0.3, -0.25) is 19.2 Å². The Kier molecular flexibility index (Phi) is 7.20. The highest BCUT2D eigenvalue weighted by atomic mass is 16.8. The second kappa shape index (κ2) is 9.06. The summed E-state index contributed by atoms with van der Waals surface area (Å²) in [6.07, 6.45) is -6.03. The maximum Gasteiger partial charge on any atom is 0.303 e. The Morgan fingerprint density at radius 3 is 1.93 bits per heavy atom. The van der Waals surface area contributed by atoms with E-state index in [9.17, 15) is 24.3 Å². The maximum atomic E-state index is 11.8. The van der Waals surface area contributed by atoms with E-state index < -0.39 is 66.1 Å². The van der Waals surface area contributed by atoms with Gasteiger partial charge in [-0.2, -0.15) is 0 Å². The fraction of sp³-hybridized carbons (Fsp3) is 0.778. The van der Waals surface area contributed by atoms with Gasteiger partial charge in [-0.1, -0.05) is 6.92 Å². The van der Waals surface area contributed by atoms with Crippen molar-refractivity contribution in [2.24, 2.45) is 5.92 Å². The Morgan fingerprint density at radius 1 is 0.931 bits per heavy atom. The van der Waals surface area contributed by atoms with Gasteiger partial charge in [0.25, 0.3) is 0 Å². The Labute approximate surface area is 167 Å². The third kappa shape index (κ3) is 5.03. The molecular formula is C18H26O11. The number of aliphatic hydroxyl groups is 1. The average Bonchev–Trinajstić information content (AvgIpc) is 2.87. The number of hydrogen-bond donors (Lipinski definition) is 1. The van der Waals surface area contributed by atoms with Crippen LogP contribution in [0, 0.1) is 5.92 Å². The number of rotatable bonds is 5. The lowest BCUT2D eigenvalue weighted by atomic mass is 9.84. The zero-order valence-corrected chi connectivity index (χ0v) is 16.9. The fourth-order valence-corrected chi connectivity index (χ4v) is 3.54. The normalized spacial score (nSPS) is 36.3. The molecule has 2 fully saturated rings. The van der Waals surface area contributed by atoms with Crippen LogP contribution in [-0.4, -0.2) is 78.5 Å². The Balaban J connectivity index is 2.53. The molecule has 0 aromatic heterocycles. The van der Waals surface area contributed by atoms with Gasteiger partial charge >= 0.3 is 23.9 Å². The largest absolute Gasteiger partial charge is 0.463 e. The van der Waals surface area contributed by atoms with E-state index in [0.29, 0.717) is 0 Å². The van der Waals surface area contributed by atoms with E-state index in [4.69, 9.17) is 28.4 Å². The van der Waals surface area contributed by atoms with E-state index in [0.717, 1.165) is 20.8 Å².